The van der Waals surface area contributed by atoms with Crippen molar-refractivity contribution in [1.29, 1.82) is 0 Å². The van der Waals surface area contributed by atoms with E-state index in [1.807, 2.05) is 13.8 Å². The lowest BCUT2D eigenvalue weighted by molar-refractivity contribution is -0.132. The lowest BCUT2D eigenvalue weighted by atomic mass is 9.94. The fourth-order valence-corrected chi connectivity index (χ4v) is 6.34. The van der Waals surface area contributed by atoms with Gasteiger partial charge >= 0.3 is 11.9 Å². The van der Waals surface area contributed by atoms with Crippen molar-refractivity contribution in [1.82, 2.24) is 4.98 Å². The normalized spacial score (nSPS) is 18.4. The highest BCUT2D eigenvalue weighted by Crippen LogP contribution is 2.46. The number of aliphatic hydroxyl groups excluding tert-OH is 1. The molecule has 2 aliphatic heterocycles. The lowest BCUT2D eigenvalue weighted by Gasteiger charge is -2.24. The van der Waals surface area contributed by atoms with Gasteiger partial charge in [-0.2, -0.15) is 0 Å². The number of esters is 1. The molecule has 0 aliphatic carbocycles. The highest BCUT2D eigenvalue weighted by atomic mass is 32.1. The summed E-state index contributed by atoms with van der Waals surface area (Å²) in [4.78, 5) is 46.2. The molecule has 1 fully saturated rings. The standard InChI is InChI=1S/C34H36N2O8S/c1-6-9-15-42-25-13-10-21(18-26(25)41-8-3)28-27(29(37)22-11-12-24-23(17-22)16-19(4)44-24)30(38)32(39)36(28)34-35-20(5)31(45-34)33(40)43-14-7-2/h7,10-13,17-19,28,37H,2,6,8-9,14-16H2,1,3-5H3/b29-27+/t19-,28-/m1/s1. The molecule has 45 heavy (non-hydrogen) atoms. The van der Waals surface area contributed by atoms with Crippen LogP contribution in [0.25, 0.3) is 5.76 Å². The molecule has 1 amide bonds. The van der Waals surface area contributed by atoms with Gasteiger partial charge in [-0.1, -0.05) is 43.4 Å². The van der Waals surface area contributed by atoms with Crippen LogP contribution in [0.4, 0.5) is 5.13 Å². The summed E-state index contributed by atoms with van der Waals surface area (Å²) in [7, 11) is 0. The number of amides is 1. The van der Waals surface area contributed by atoms with Gasteiger partial charge in [0.15, 0.2) is 16.6 Å². The molecule has 5 rings (SSSR count). The predicted octanol–water partition coefficient (Wildman–Crippen LogP) is 6.32. The molecule has 0 unspecified atom stereocenters. The molecule has 2 atom stereocenters. The molecule has 0 spiro atoms. The Morgan fingerprint density at radius 3 is 2.71 bits per heavy atom. The Balaban J connectivity index is 1.66. The number of aromatic nitrogens is 1. The summed E-state index contributed by atoms with van der Waals surface area (Å²) in [5.41, 5.74) is 1.99. The number of anilines is 1. The maximum Gasteiger partial charge on any atom is 0.350 e. The Bertz CT molecular complexity index is 1680. The van der Waals surface area contributed by atoms with Crippen molar-refractivity contribution in [2.24, 2.45) is 0 Å². The first-order valence-electron chi connectivity index (χ1n) is 14.9. The van der Waals surface area contributed by atoms with Gasteiger partial charge in [0.2, 0.25) is 0 Å². The second kappa shape index (κ2) is 13.6. The van der Waals surface area contributed by atoms with Gasteiger partial charge in [-0.3, -0.25) is 14.5 Å². The van der Waals surface area contributed by atoms with E-state index < -0.39 is 23.7 Å². The van der Waals surface area contributed by atoms with Gasteiger partial charge in [-0.25, -0.2) is 9.78 Å². The molecular formula is C34H36N2O8S. The Morgan fingerprint density at radius 2 is 1.98 bits per heavy atom. The van der Waals surface area contributed by atoms with E-state index in [2.05, 4.69) is 18.5 Å². The molecule has 10 nitrogen and oxygen atoms in total. The van der Waals surface area contributed by atoms with Crippen LogP contribution in [0.15, 0.2) is 54.6 Å². The first kappa shape index (κ1) is 31.8. The second-order valence-corrected chi connectivity index (χ2v) is 11.7. The fraction of sp³-hybridized carbons (Fsp3) is 0.353. The molecule has 236 valence electrons. The molecule has 3 heterocycles. The van der Waals surface area contributed by atoms with Crippen molar-refractivity contribution < 1.29 is 38.4 Å². The minimum atomic E-state index is -1.08. The van der Waals surface area contributed by atoms with E-state index in [9.17, 15) is 19.5 Å². The number of benzene rings is 2. The van der Waals surface area contributed by atoms with Crippen molar-refractivity contribution in [2.75, 3.05) is 24.7 Å². The molecule has 0 radical (unpaired) electrons. The van der Waals surface area contributed by atoms with Crippen LogP contribution in [0.2, 0.25) is 0 Å². The zero-order chi connectivity index (χ0) is 32.2. The average molecular weight is 633 g/mol. The number of Topliss-reactive ketones (excluding diaryl/α,β-unsaturated/α-hetero) is 1. The average Bonchev–Trinajstić information content (AvgIpc) is 3.67. The second-order valence-electron chi connectivity index (χ2n) is 10.8. The van der Waals surface area contributed by atoms with Crippen molar-refractivity contribution in [3.63, 3.8) is 0 Å². The molecule has 1 N–H and O–H groups in total. The van der Waals surface area contributed by atoms with E-state index >= 15 is 0 Å². The topological polar surface area (TPSA) is 124 Å². The number of aryl methyl sites for hydroxylation is 1. The van der Waals surface area contributed by atoms with Crippen molar-refractivity contribution in [3.8, 4) is 17.2 Å². The predicted molar refractivity (Wildman–Crippen MR) is 170 cm³/mol. The number of ketones is 1. The van der Waals surface area contributed by atoms with Crippen molar-refractivity contribution >= 4 is 39.9 Å². The number of unbranched alkanes of at least 4 members (excludes halogenated alkanes) is 1. The number of nitrogens with zero attached hydrogens (tertiary/aromatic N) is 2. The lowest BCUT2D eigenvalue weighted by Crippen LogP contribution is -2.29. The van der Waals surface area contributed by atoms with Gasteiger partial charge in [0.05, 0.1) is 30.5 Å². The van der Waals surface area contributed by atoms with Crippen LogP contribution in [-0.2, 0) is 20.7 Å². The van der Waals surface area contributed by atoms with Crippen LogP contribution in [0, 0.1) is 6.92 Å². The molecular weight excluding hydrogens is 596 g/mol. The molecule has 1 saturated heterocycles. The smallest absolute Gasteiger partial charge is 0.350 e. The van der Waals surface area contributed by atoms with Gasteiger partial charge in [0.25, 0.3) is 5.78 Å². The van der Waals surface area contributed by atoms with Gasteiger partial charge in [-0.05, 0) is 68.7 Å². The van der Waals surface area contributed by atoms with E-state index in [1.54, 1.807) is 43.3 Å². The summed E-state index contributed by atoms with van der Waals surface area (Å²) in [5.74, 6) is -1.05. The summed E-state index contributed by atoms with van der Waals surface area (Å²) in [6.45, 7) is 11.9. The summed E-state index contributed by atoms with van der Waals surface area (Å²) >= 11 is 0.933. The monoisotopic (exact) mass is 632 g/mol. The van der Waals surface area contributed by atoms with E-state index in [0.29, 0.717) is 53.7 Å². The highest BCUT2D eigenvalue weighted by Gasteiger charge is 2.49. The Morgan fingerprint density at radius 1 is 1.18 bits per heavy atom. The maximum atomic E-state index is 13.8. The summed E-state index contributed by atoms with van der Waals surface area (Å²) in [6, 6.07) is 9.28. The number of fused-ring (bicyclic) bond motifs is 1. The number of rotatable bonds is 12. The van der Waals surface area contributed by atoms with Crippen molar-refractivity contribution in [3.05, 3.63) is 81.9 Å². The van der Waals surface area contributed by atoms with E-state index in [4.69, 9.17) is 18.9 Å². The van der Waals surface area contributed by atoms with Crippen molar-refractivity contribution in [2.45, 2.75) is 59.1 Å². The molecule has 0 bridgehead atoms. The minimum Gasteiger partial charge on any atom is -0.507 e. The van der Waals surface area contributed by atoms with E-state index in [0.717, 1.165) is 29.7 Å². The summed E-state index contributed by atoms with van der Waals surface area (Å²) < 4.78 is 22.9. The first-order valence-corrected chi connectivity index (χ1v) is 15.8. The molecule has 2 aliphatic rings. The summed E-state index contributed by atoms with van der Waals surface area (Å²) in [6.07, 6.45) is 3.90. The van der Waals surface area contributed by atoms with Crippen LogP contribution < -0.4 is 19.1 Å². The van der Waals surface area contributed by atoms with Crippen LogP contribution in [0.3, 0.4) is 0 Å². The number of carbonyl (C=O) groups excluding carboxylic acids is 3. The van der Waals surface area contributed by atoms with Crippen LogP contribution >= 0.6 is 11.3 Å². The largest absolute Gasteiger partial charge is 0.507 e. The first-order chi connectivity index (χ1) is 21.7. The van der Waals surface area contributed by atoms with Crippen LogP contribution in [0.1, 0.15) is 71.7 Å². The van der Waals surface area contributed by atoms with Gasteiger partial charge in [0, 0.05) is 12.0 Å². The number of hydrogen-bond donors (Lipinski definition) is 1. The van der Waals surface area contributed by atoms with Crippen LogP contribution in [0.5, 0.6) is 17.2 Å². The molecule has 11 heteroatoms. The molecule has 0 saturated carbocycles. The van der Waals surface area contributed by atoms with E-state index in [-0.39, 0.29) is 34.1 Å². The third kappa shape index (κ3) is 6.30. The van der Waals surface area contributed by atoms with Gasteiger partial charge in [-0.15, -0.1) is 0 Å². The Labute approximate surface area is 265 Å². The number of hydrogen-bond acceptors (Lipinski definition) is 10. The maximum absolute atomic E-state index is 13.8. The zero-order valence-corrected chi connectivity index (χ0v) is 26.6. The number of carbonyl (C=O) groups is 3. The van der Waals surface area contributed by atoms with E-state index in [1.165, 1.54) is 11.0 Å². The third-order valence-electron chi connectivity index (χ3n) is 7.46. The highest BCUT2D eigenvalue weighted by molar-refractivity contribution is 7.17. The number of thiazole rings is 1. The number of aliphatic hydroxyl groups is 1. The Kier molecular flexibility index (Phi) is 9.57. The Hall–Kier alpha value is -4.64. The third-order valence-corrected chi connectivity index (χ3v) is 8.60. The molecule has 3 aromatic rings. The minimum absolute atomic E-state index is 0.00744. The molecule has 1 aromatic heterocycles. The quantitative estimate of drug-likeness (QED) is 0.0610. The zero-order valence-electron chi connectivity index (χ0n) is 25.8. The van der Waals surface area contributed by atoms with Crippen LogP contribution in [-0.4, -0.2) is 53.7 Å². The number of ether oxygens (including phenoxy) is 4. The van der Waals surface area contributed by atoms with Gasteiger partial charge in [0.1, 0.15) is 29.1 Å². The SMILES string of the molecule is C=CCOC(=O)c1sc(N2C(=O)C(=O)/C(=C(/O)c3ccc4c(c3)C[C@@H](C)O4)[C@H]2c2ccc(OCCCC)c(OCC)c2)nc1C. The fourth-order valence-electron chi connectivity index (χ4n) is 5.35. The molecule has 2 aromatic carbocycles. The van der Waals surface area contributed by atoms with Gasteiger partial charge < -0.3 is 24.1 Å². The summed E-state index contributed by atoms with van der Waals surface area (Å²) in [5, 5.41) is 11.8.